The lowest BCUT2D eigenvalue weighted by molar-refractivity contribution is 0.0974. The van der Waals surface area contributed by atoms with Crippen LogP contribution in [0.25, 0.3) is 0 Å². The second-order valence-corrected chi connectivity index (χ2v) is 6.73. The molecular weight excluding hydrogens is 352 g/mol. The summed E-state index contributed by atoms with van der Waals surface area (Å²) in [5.41, 5.74) is 3.73. The van der Waals surface area contributed by atoms with E-state index in [1.807, 2.05) is 62.4 Å². The van der Waals surface area contributed by atoms with Crippen molar-refractivity contribution in [2.24, 2.45) is 0 Å². The van der Waals surface area contributed by atoms with Gasteiger partial charge in [0.2, 0.25) is 0 Å². The highest BCUT2D eigenvalue weighted by Crippen LogP contribution is 2.42. The van der Waals surface area contributed by atoms with Crippen LogP contribution in [-0.4, -0.2) is 17.6 Å². The average molecular weight is 374 g/mol. The van der Waals surface area contributed by atoms with Gasteiger partial charge in [-0.15, -0.1) is 0 Å². The number of ether oxygens (including phenoxy) is 1. The number of aromatic hydroxyl groups is 1. The van der Waals surface area contributed by atoms with E-state index in [4.69, 9.17) is 4.74 Å². The van der Waals surface area contributed by atoms with Gasteiger partial charge in [0, 0.05) is 16.9 Å². The molecule has 0 spiro atoms. The Balaban J connectivity index is 1.88. The maximum Gasteiger partial charge on any atom is 0.262 e. The van der Waals surface area contributed by atoms with Gasteiger partial charge in [-0.1, -0.05) is 36.4 Å². The Hall–Kier alpha value is -3.47. The summed E-state index contributed by atoms with van der Waals surface area (Å²) in [5.74, 6) is 0.315. The largest absolute Gasteiger partial charge is 0.504 e. The summed E-state index contributed by atoms with van der Waals surface area (Å²) in [7, 11) is 0. The summed E-state index contributed by atoms with van der Waals surface area (Å²) >= 11 is 0. The number of hydrogen-bond donors (Lipinski definition) is 2. The van der Waals surface area contributed by atoms with E-state index in [9.17, 15) is 9.90 Å². The molecule has 0 aliphatic carbocycles. The number of nitrogens with zero attached hydrogens (tertiary/aromatic N) is 1. The summed E-state index contributed by atoms with van der Waals surface area (Å²) in [6.07, 6.45) is -0.565. The van der Waals surface area contributed by atoms with Gasteiger partial charge in [0.15, 0.2) is 11.5 Å². The minimum Gasteiger partial charge on any atom is -0.504 e. The molecule has 5 nitrogen and oxygen atoms in total. The molecule has 0 unspecified atom stereocenters. The van der Waals surface area contributed by atoms with Crippen LogP contribution in [0, 0.1) is 6.92 Å². The fourth-order valence-electron chi connectivity index (χ4n) is 3.55. The maximum absolute atomic E-state index is 13.4. The molecule has 4 rings (SSSR count). The van der Waals surface area contributed by atoms with Crippen molar-refractivity contribution in [1.29, 1.82) is 0 Å². The lowest BCUT2D eigenvalue weighted by Gasteiger charge is -2.38. The molecule has 0 fully saturated rings. The van der Waals surface area contributed by atoms with Crippen LogP contribution in [0.15, 0.2) is 66.7 Å². The number of hydrogen-bond acceptors (Lipinski definition) is 4. The summed E-state index contributed by atoms with van der Waals surface area (Å²) < 4.78 is 5.54. The van der Waals surface area contributed by atoms with Gasteiger partial charge in [-0.2, -0.15) is 0 Å². The molecule has 0 saturated heterocycles. The maximum atomic E-state index is 13.4. The zero-order chi connectivity index (χ0) is 19.7. The van der Waals surface area contributed by atoms with Crippen molar-refractivity contribution < 1.29 is 14.6 Å². The first kappa shape index (κ1) is 17.9. The van der Waals surface area contributed by atoms with Crippen molar-refractivity contribution in [2.45, 2.75) is 20.0 Å². The fraction of sp³-hybridized carbons (Fsp3) is 0.174. The standard InChI is InChI=1S/C23H22N2O3/c1-3-28-20-13-7-11-18(21(20)26)22-24-19-12-5-4-10-17(19)23(27)25(22)16-9-6-8-15(2)14-16/h4-14,22,24,26H,3H2,1-2H3/t22-/m0/s1. The van der Waals surface area contributed by atoms with Gasteiger partial charge in [0.1, 0.15) is 6.17 Å². The monoisotopic (exact) mass is 374 g/mol. The molecule has 28 heavy (non-hydrogen) atoms. The van der Waals surface area contributed by atoms with Gasteiger partial charge < -0.3 is 15.2 Å². The Bertz CT molecular complexity index is 1030. The van der Waals surface area contributed by atoms with E-state index in [1.54, 1.807) is 23.1 Å². The Labute approximate surface area is 164 Å². The van der Waals surface area contributed by atoms with E-state index < -0.39 is 6.17 Å². The number of amides is 1. The van der Waals surface area contributed by atoms with E-state index in [1.165, 1.54) is 0 Å². The third kappa shape index (κ3) is 3.05. The van der Waals surface area contributed by atoms with Crippen LogP contribution >= 0.6 is 0 Å². The lowest BCUT2D eigenvalue weighted by Crippen LogP contribution is -2.43. The second-order valence-electron chi connectivity index (χ2n) is 6.73. The molecule has 1 amide bonds. The highest BCUT2D eigenvalue weighted by molar-refractivity contribution is 6.12. The Morgan fingerprint density at radius 2 is 1.86 bits per heavy atom. The van der Waals surface area contributed by atoms with Crippen molar-refractivity contribution in [2.75, 3.05) is 16.8 Å². The second kappa shape index (κ2) is 7.27. The third-order valence-electron chi connectivity index (χ3n) is 4.83. The van der Waals surface area contributed by atoms with Crippen LogP contribution < -0.4 is 15.0 Å². The predicted octanol–water partition coefficient (Wildman–Crippen LogP) is 4.87. The molecule has 0 aromatic heterocycles. The quantitative estimate of drug-likeness (QED) is 0.684. The van der Waals surface area contributed by atoms with Gasteiger partial charge in [-0.05, 0) is 49.7 Å². The molecule has 1 aliphatic heterocycles. The first-order valence-corrected chi connectivity index (χ1v) is 9.30. The Morgan fingerprint density at radius 3 is 2.64 bits per heavy atom. The highest BCUT2D eigenvalue weighted by Gasteiger charge is 2.35. The van der Waals surface area contributed by atoms with Gasteiger partial charge >= 0.3 is 0 Å². The van der Waals surface area contributed by atoms with Gasteiger partial charge in [-0.3, -0.25) is 9.69 Å². The normalized spacial score (nSPS) is 15.7. The van der Waals surface area contributed by atoms with Gasteiger partial charge in [0.25, 0.3) is 5.91 Å². The van der Waals surface area contributed by atoms with E-state index in [0.29, 0.717) is 23.5 Å². The van der Waals surface area contributed by atoms with E-state index in [-0.39, 0.29) is 11.7 Å². The van der Waals surface area contributed by atoms with Crippen LogP contribution in [0.4, 0.5) is 11.4 Å². The Kier molecular flexibility index (Phi) is 4.65. The molecular formula is C23H22N2O3. The summed E-state index contributed by atoms with van der Waals surface area (Å²) in [5, 5.41) is 14.2. The number of carbonyl (C=O) groups excluding carboxylic acids is 1. The topological polar surface area (TPSA) is 61.8 Å². The number of benzene rings is 3. The Morgan fingerprint density at radius 1 is 1.07 bits per heavy atom. The molecule has 3 aromatic rings. The third-order valence-corrected chi connectivity index (χ3v) is 4.83. The fourth-order valence-corrected chi connectivity index (χ4v) is 3.55. The van der Waals surface area contributed by atoms with Crippen molar-refractivity contribution >= 4 is 17.3 Å². The number of fused-ring (bicyclic) bond motifs is 1. The van der Waals surface area contributed by atoms with E-state index in [2.05, 4.69) is 5.32 Å². The first-order chi connectivity index (χ1) is 13.6. The number of nitrogens with one attached hydrogen (secondary N) is 1. The van der Waals surface area contributed by atoms with Crippen LogP contribution in [0.1, 0.15) is 34.6 Å². The molecule has 0 bridgehead atoms. The molecule has 0 saturated carbocycles. The van der Waals surface area contributed by atoms with Crippen molar-refractivity contribution in [3.8, 4) is 11.5 Å². The smallest absolute Gasteiger partial charge is 0.262 e. The van der Waals surface area contributed by atoms with Crippen LogP contribution in [0.2, 0.25) is 0 Å². The molecule has 2 N–H and O–H groups in total. The first-order valence-electron chi connectivity index (χ1n) is 9.30. The van der Waals surface area contributed by atoms with Gasteiger partial charge in [0.05, 0.1) is 12.2 Å². The van der Waals surface area contributed by atoms with Crippen molar-refractivity contribution in [3.63, 3.8) is 0 Å². The van der Waals surface area contributed by atoms with E-state index in [0.717, 1.165) is 16.9 Å². The number of rotatable bonds is 4. The SMILES string of the molecule is CCOc1cccc([C@H]2Nc3ccccc3C(=O)N2c2cccc(C)c2)c1O. The van der Waals surface area contributed by atoms with Crippen LogP contribution in [-0.2, 0) is 0 Å². The number of aryl methyl sites for hydroxylation is 1. The molecule has 1 atom stereocenters. The lowest BCUT2D eigenvalue weighted by atomic mass is 10.0. The predicted molar refractivity (Wildman–Crippen MR) is 110 cm³/mol. The molecule has 1 aliphatic rings. The summed E-state index contributed by atoms with van der Waals surface area (Å²) in [4.78, 5) is 15.1. The molecule has 3 aromatic carbocycles. The molecule has 142 valence electrons. The number of phenols is 1. The summed E-state index contributed by atoms with van der Waals surface area (Å²) in [6, 6.07) is 20.5. The summed E-state index contributed by atoms with van der Waals surface area (Å²) in [6.45, 7) is 4.30. The molecule has 5 heteroatoms. The minimum atomic E-state index is -0.565. The number of phenolic OH excluding ortho intramolecular Hbond substituents is 1. The van der Waals surface area contributed by atoms with Crippen LogP contribution in [0.5, 0.6) is 11.5 Å². The van der Waals surface area contributed by atoms with E-state index >= 15 is 0 Å². The number of para-hydroxylation sites is 2. The number of carbonyl (C=O) groups is 1. The van der Waals surface area contributed by atoms with Gasteiger partial charge in [-0.25, -0.2) is 0 Å². The van der Waals surface area contributed by atoms with Crippen molar-refractivity contribution in [3.05, 3.63) is 83.4 Å². The average Bonchev–Trinajstić information content (AvgIpc) is 2.70. The van der Waals surface area contributed by atoms with Crippen LogP contribution in [0.3, 0.4) is 0 Å². The van der Waals surface area contributed by atoms with Crippen molar-refractivity contribution in [1.82, 2.24) is 0 Å². The minimum absolute atomic E-state index is 0.0340. The molecule has 0 radical (unpaired) electrons. The highest BCUT2D eigenvalue weighted by atomic mass is 16.5. The molecule has 1 heterocycles. The number of anilines is 2. The zero-order valence-corrected chi connectivity index (χ0v) is 15.8. The zero-order valence-electron chi connectivity index (χ0n) is 15.8.